The first-order chi connectivity index (χ1) is 13.4. The van der Waals surface area contributed by atoms with Crippen LogP contribution in [0.5, 0.6) is 0 Å². The molecular formula is C24H22N4. The third-order valence-corrected chi connectivity index (χ3v) is 6.05. The molecule has 3 heterocycles. The Morgan fingerprint density at radius 2 is 1.04 bits per heavy atom. The summed E-state index contributed by atoms with van der Waals surface area (Å²) in [7, 11) is 0. The third kappa shape index (κ3) is 2.44. The highest BCUT2D eigenvalue weighted by Gasteiger charge is 2.33. The number of nitrogens with zero attached hydrogens (tertiary/aromatic N) is 4. The number of aliphatic imine (C=N–C) groups is 4. The topological polar surface area (TPSA) is 49.4 Å². The van der Waals surface area contributed by atoms with Crippen molar-refractivity contribution in [2.45, 2.75) is 38.5 Å². The predicted molar refractivity (Wildman–Crippen MR) is 117 cm³/mol. The van der Waals surface area contributed by atoms with Gasteiger partial charge in [0.2, 0.25) is 0 Å². The lowest BCUT2D eigenvalue weighted by molar-refractivity contribution is 0.724. The van der Waals surface area contributed by atoms with Crippen LogP contribution in [0.25, 0.3) is 11.1 Å². The van der Waals surface area contributed by atoms with E-state index < -0.39 is 0 Å². The van der Waals surface area contributed by atoms with Gasteiger partial charge < -0.3 is 0 Å². The fourth-order valence-electron chi connectivity index (χ4n) is 3.88. The van der Waals surface area contributed by atoms with Gasteiger partial charge in [0.15, 0.2) is 11.6 Å². The molecule has 0 saturated carbocycles. The second-order valence-corrected chi connectivity index (χ2v) is 8.57. The number of fused-ring (bicyclic) bond motifs is 7. The molecule has 0 aliphatic carbocycles. The number of benzene rings is 2. The Bertz CT molecular complexity index is 1070. The summed E-state index contributed by atoms with van der Waals surface area (Å²) >= 11 is 0. The van der Waals surface area contributed by atoms with E-state index in [9.17, 15) is 0 Å². The van der Waals surface area contributed by atoms with Gasteiger partial charge >= 0.3 is 0 Å². The summed E-state index contributed by atoms with van der Waals surface area (Å²) in [4.78, 5) is 18.6. The SMILES string of the molecule is CC1(C)C2=NC(=C3N=CC(=N3)C(C)(C)c3cccc(c3)-c3cccc1c3)N=C2. The van der Waals surface area contributed by atoms with Crippen LogP contribution in [0.15, 0.2) is 80.1 Å². The van der Waals surface area contributed by atoms with Gasteiger partial charge in [0.25, 0.3) is 0 Å². The van der Waals surface area contributed by atoms with E-state index in [-0.39, 0.29) is 10.8 Å². The van der Waals surface area contributed by atoms with Crippen molar-refractivity contribution >= 4 is 23.9 Å². The highest BCUT2D eigenvalue weighted by Crippen LogP contribution is 2.35. The molecule has 0 spiro atoms. The van der Waals surface area contributed by atoms with Gasteiger partial charge in [-0.3, -0.25) is 0 Å². The van der Waals surface area contributed by atoms with Crippen molar-refractivity contribution in [2.75, 3.05) is 0 Å². The van der Waals surface area contributed by atoms with Gasteiger partial charge in [-0.05, 0) is 22.3 Å². The van der Waals surface area contributed by atoms with Crippen LogP contribution in [0.2, 0.25) is 0 Å². The second kappa shape index (κ2) is 5.68. The molecule has 138 valence electrons. The van der Waals surface area contributed by atoms with Crippen molar-refractivity contribution in [3.8, 4) is 11.1 Å². The van der Waals surface area contributed by atoms with Gasteiger partial charge in [-0.15, -0.1) is 0 Å². The molecule has 2 aromatic carbocycles. The third-order valence-electron chi connectivity index (χ3n) is 6.05. The molecule has 5 rings (SSSR count). The first-order valence-corrected chi connectivity index (χ1v) is 9.58. The average Bonchev–Trinajstić information content (AvgIpc) is 3.37. The van der Waals surface area contributed by atoms with Gasteiger partial charge in [0.05, 0.1) is 23.9 Å². The molecule has 2 aromatic rings. The van der Waals surface area contributed by atoms with Crippen LogP contribution < -0.4 is 0 Å². The minimum atomic E-state index is -0.266. The van der Waals surface area contributed by atoms with Crippen LogP contribution in [-0.2, 0) is 10.8 Å². The lowest BCUT2D eigenvalue weighted by atomic mass is 9.78. The molecule has 3 aliphatic rings. The van der Waals surface area contributed by atoms with Crippen molar-refractivity contribution in [2.24, 2.45) is 20.0 Å². The molecule has 0 atom stereocenters. The zero-order valence-electron chi connectivity index (χ0n) is 16.6. The van der Waals surface area contributed by atoms with E-state index in [0.29, 0.717) is 11.6 Å². The van der Waals surface area contributed by atoms with Crippen LogP contribution in [0.3, 0.4) is 0 Å². The summed E-state index contributed by atoms with van der Waals surface area (Å²) in [6.07, 6.45) is 3.70. The van der Waals surface area contributed by atoms with Crippen molar-refractivity contribution in [3.63, 3.8) is 0 Å². The Labute approximate surface area is 165 Å². The average molecular weight is 366 g/mol. The van der Waals surface area contributed by atoms with Gasteiger partial charge in [-0.1, -0.05) is 76.2 Å². The Morgan fingerprint density at radius 1 is 0.607 bits per heavy atom. The first kappa shape index (κ1) is 17.0. The predicted octanol–water partition coefficient (Wildman–Crippen LogP) is 5.10. The van der Waals surface area contributed by atoms with Crippen molar-refractivity contribution in [3.05, 3.63) is 71.3 Å². The zero-order chi connectivity index (χ0) is 19.5. The smallest absolute Gasteiger partial charge is 0.198 e. The molecule has 4 heteroatoms. The van der Waals surface area contributed by atoms with Crippen molar-refractivity contribution in [1.82, 2.24) is 0 Å². The van der Waals surface area contributed by atoms with Crippen LogP contribution in [-0.4, -0.2) is 23.9 Å². The van der Waals surface area contributed by atoms with E-state index in [1.54, 1.807) is 0 Å². The summed E-state index contributed by atoms with van der Waals surface area (Å²) in [5.74, 6) is 1.18. The van der Waals surface area contributed by atoms with E-state index in [1.807, 2.05) is 12.4 Å². The first-order valence-electron chi connectivity index (χ1n) is 9.58. The molecule has 8 bridgehead atoms. The molecule has 0 N–H and O–H groups in total. The summed E-state index contributed by atoms with van der Waals surface area (Å²) in [5.41, 5.74) is 6.15. The van der Waals surface area contributed by atoms with Crippen molar-refractivity contribution < 1.29 is 0 Å². The van der Waals surface area contributed by atoms with Crippen LogP contribution >= 0.6 is 0 Å². The van der Waals surface area contributed by atoms with Gasteiger partial charge in [-0.2, -0.15) is 0 Å². The molecule has 0 aromatic heterocycles. The molecule has 4 nitrogen and oxygen atoms in total. The molecule has 0 fully saturated rings. The summed E-state index contributed by atoms with van der Waals surface area (Å²) in [6, 6.07) is 17.4. The lowest BCUT2D eigenvalue weighted by Gasteiger charge is -2.26. The van der Waals surface area contributed by atoms with E-state index in [4.69, 9.17) is 9.98 Å². The Kier molecular flexibility index (Phi) is 3.45. The Balaban J connectivity index is 1.82. The molecular weight excluding hydrogens is 344 g/mol. The monoisotopic (exact) mass is 366 g/mol. The summed E-state index contributed by atoms with van der Waals surface area (Å²) in [5, 5.41) is 0. The Hall–Kier alpha value is -3.14. The maximum atomic E-state index is 4.79. The molecule has 28 heavy (non-hydrogen) atoms. The van der Waals surface area contributed by atoms with Crippen LogP contribution in [0.4, 0.5) is 0 Å². The molecule has 0 unspecified atom stereocenters. The van der Waals surface area contributed by atoms with E-state index in [0.717, 1.165) is 11.4 Å². The number of rotatable bonds is 0. The number of hydrogen-bond acceptors (Lipinski definition) is 4. The van der Waals surface area contributed by atoms with Crippen LogP contribution in [0, 0.1) is 0 Å². The van der Waals surface area contributed by atoms with Gasteiger partial charge in [0, 0.05) is 10.8 Å². The van der Waals surface area contributed by atoms with Gasteiger partial charge in [0.1, 0.15) is 0 Å². The van der Waals surface area contributed by atoms with E-state index in [2.05, 4.69) is 86.2 Å². The maximum absolute atomic E-state index is 4.79. The summed E-state index contributed by atoms with van der Waals surface area (Å²) < 4.78 is 0. The normalized spacial score (nSPS) is 20.7. The van der Waals surface area contributed by atoms with E-state index >= 15 is 0 Å². The standard InChI is InChI=1S/C24H22N4/c1-23(2)17-9-5-7-15(11-17)16-8-6-10-18(12-16)24(3,4)20-14-26-22(28-20)21-25-13-19(23)27-21/h5-14H,1-4H3. The minimum Gasteiger partial charge on any atom is -0.232 e. The molecule has 0 amide bonds. The van der Waals surface area contributed by atoms with Crippen LogP contribution in [0.1, 0.15) is 38.8 Å². The second-order valence-electron chi connectivity index (χ2n) is 8.57. The van der Waals surface area contributed by atoms with Gasteiger partial charge in [-0.25, -0.2) is 20.0 Å². The largest absolute Gasteiger partial charge is 0.232 e. The summed E-state index contributed by atoms with van der Waals surface area (Å²) in [6.45, 7) is 8.73. The maximum Gasteiger partial charge on any atom is 0.198 e. The lowest BCUT2D eigenvalue weighted by Crippen LogP contribution is -2.29. The number of hydrogen-bond donors (Lipinski definition) is 0. The Morgan fingerprint density at radius 3 is 1.46 bits per heavy atom. The highest BCUT2D eigenvalue weighted by molar-refractivity contribution is 6.37. The van der Waals surface area contributed by atoms with E-state index in [1.165, 1.54) is 22.3 Å². The fraction of sp³-hybridized carbons (Fsp3) is 0.250. The highest BCUT2D eigenvalue weighted by atomic mass is 15.1. The fourth-order valence-corrected chi connectivity index (χ4v) is 3.88. The quantitative estimate of drug-likeness (QED) is 0.623. The minimum absolute atomic E-state index is 0.266. The zero-order valence-corrected chi connectivity index (χ0v) is 16.6. The molecule has 3 aliphatic heterocycles. The molecule has 0 saturated heterocycles. The molecule has 0 radical (unpaired) electrons. The van der Waals surface area contributed by atoms with Crippen molar-refractivity contribution in [1.29, 1.82) is 0 Å².